The summed E-state index contributed by atoms with van der Waals surface area (Å²) >= 11 is 0. The molecule has 0 aromatic carbocycles. The van der Waals surface area contributed by atoms with Gasteiger partial charge in [-0.3, -0.25) is 8.37 Å². The minimum atomic E-state index is -3.66. The third kappa shape index (κ3) is 16.2. The first-order valence-corrected chi connectivity index (χ1v) is 6.58. The molecule has 0 atom stereocenters. The summed E-state index contributed by atoms with van der Waals surface area (Å²) in [6, 6.07) is 0. The number of unbranched alkanes of at least 4 members (excludes halogenated alkanes) is 2. The SMILES string of the molecule is CCCCCONCC.COS(=O)(=O)OC. The van der Waals surface area contributed by atoms with Gasteiger partial charge in [-0.15, -0.1) is 0 Å². The van der Waals surface area contributed by atoms with Crippen molar-refractivity contribution in [2.24, 2.45) is 0 Å². The first-order chi connectivity index (χ1) is 7.54. The van der Waals surface area contributed by atoms with Gasteiger partial charge in [-0.05, 0) is 6.42 Å². The van der Waals surface area contributed by atoms with Crippen LogP contribution in [0, 0.1) is 0 Å². The summed E-state index contributed by atoms with van der Waals surface area (Å²) in [6.07, 6.45) is 3.70. The van der Waals surface area contributed by atoms with Crippen molar-refractivity contribution in [2.45, 2.75) is 33.1 Å². The van der Waals surface area contributed by atoms with E-state index in [1.54, 1.807) is 0 Å². The van der Waals surface area contributed by atoms with Crippen LogP contribution in [0.25, 0.3) is 0 Å². The summed E-state index contributed by atoms with van der Waals surface area (Å²) in [4.78, 5) is 5.03. The van der Waals surface area contributed by atoms with Crippen LogP contribution in [0.1, 0.15) is 33.1 Å². The standard InChI is InChI=1S/C7H17NO.C2H6O4S/c1-3-5-6-7-9-8-4-2;1-5-7(3,4)6-2/h8H,3-7H2,1-2H3;1-2H3. The molecule has 0 bridgehead atoms. The molecular weight excluding hydrogens is 234 g/mol. The summed E-state index contributed by atoms with van der Waals surface area (Å²) in [7, 11) is -1.60. The fourth-order valence-electron chi connectivity index (χ4n) is 0.667. The minimum absolute atomic E-state index is 0.849. The molecule has 0 radical (unpaired) electrons. The Hall–Kier alpha value is -0.210. The molecule has 0 aliphatic heterocycles. The lowest BCUT2D eigenvalue weighted by atomic mass is 10.3. The van der Waals surface area contributed by atoms with E-state index >= 15 is 0 Å². The van der Waals surface area contributed by atoms with E-state index in [0.29, 0.717) is 0 Å². The monoisotopic (exact) mass is 257 g/mol. The predicted octanol–water partition coefficient (Wildman–Crippen LogP) is 1.24. The van der Waals surface area contributed by atoms with Crippen LogP contribution in [0.15, 0.2) is 0 Å². The lowest BCUT2D eigenvalue weighted by molar-refractivity contribution is 0.0421. The first kappa shape index (κ1) is 18.2. The van der Waals surface area contributed by atoms with Crippen LogP contribution in [-0.2, 0) is 23.6 Å². The second-order valence-corrected chi connectivity index (χ2v) is 4.28. The predicted molar refractivity (Wildman–Crippen MR) is 62.1 cm³/mol. The zero-order valence-corrected chi connectivity index (χ0v) is 11.3. The Morgan fingerprint density at radius 1 is 1.06 bits per heavy atom. The molecule has 7 heteroatoms. The van der Waals surface area contributed by atoms with Crippen LogP contribution in [0.5, 0.6) is 0 Å². The molecule has 0 rings (SSSR count). The van der Waals surface area contributed by atoms with Crippen LogP contribution < -0.4 is 5.48 Å². The third-order valence-corrected chi connectivity index (χ3v) is 2.32. The molecule has 100 valence electrons. The van der Waals surface area contributed by atoms with Crippen molar-refractivity contribution in [3.63, 3.8) is 0 Å². The Morgan fingerprint density at radius 2 is 1.62 bits per heavy atom. The summed E-state index contributed by atoms with van der Waals surface area (Å²) in [6.45, 7) is 5.96. The molecule has 0 aliphatic rings. The molecule has 0 saturated carbocycles. The fraction of sp³-hybridized carbons (Fsp3) is 1.00. The number of hydroxylamine groups is 1. The molecular formula is C9H23NO5S. The third-order valence-electron chi connectivity index (χ3n) is 1.50. The Bertz CT molecular complexity index is 202. The molecule has 0 amide bonds. The highest BCUT2D eigenvalue weighted by molar-refractivity contribution is 7.81. The lowest BCUT2D eigenvalue weighted by Gasteiger charge is -2.00. The fourth-order valence-corrected chi connectivity index (χ4v) is 0.803. The Balaban J connectivity index is 0. The maximum Gasteiger partial charge on any atom is 0.399 e. The van der Waals surface area contributed by atoms with E-state index in [4.69, 9.17) is 4.84 Å². The normalized spacial score (nSPS) is 10.8. The van der Waals surface area contributed by atoms with Crippen molar-refractivity contribution in [1.29, 1.82) is 0 Å². The van der Waals surface area contributed by atoms with E-state index in [1.807, 2.05) is 6.92 Å². The molecule has 0 aromatic heterocycles. The van der Waals surface area contributed by atoms with Gasteiger partial charge in [0.25, 0.3) is 0 Å². The first-order valence-electron chi connectivity index (χ1n) is 5.24. The number of hydrogen-bond donors (Lipinski definition) is 1. The highest BCUT2D eigenvalue weighted by atomic mass is 32.3. The molecule has 0 aliphatic carbocycles. The minimum Gasteiger partial charge on any atom is -0.302 e. The van der Waals surface area contributed by atoms with E-state index in [1.165, 1.54) is 19.3 Å². The molecule has 0 unspecified atom stereocenters. The molecule has 1 N–H and O–H groups in total. The number of rotatable bonds is 8. The van der Waals surface area contributed by atoms with E-state index in [-0.39, 0.29) is 0 Å². The second-order valence-electron chi connectivity index (χ2n) is 2.80. The van der Waals surface area contributed by atoms with E-state index < -0.39 is 10.4 Å². The quantitative estimate of drug-likeness (QED) is 0.521. The molecule has 0 heterocycles. The van der Waals surface area contributed by atoms with Gasteiger partial charge in [0.05, 0.1) is 20.8 Å². The Kier molecular flexibility index (Phi) is 14.6. The van der Waals surface area contributed by atoms with Crippen LogP contribution in [-0.4, -0.2) is 35.8 Å². The number of nitrogens with one attached hydrogen (secondary N) is 1. The van der Waals surface area contributed by atoms with Gasteiger partial charge in [0.1, 0.15) is 0 Å². The van der Waals surface area contributed by atoms with Gasteiger partial charge in [0.2, 0.25) is 0 Å². The topological polar surface area (TPSA) is 73.9 Å². The zero-order chi connectivity index (χ0) is 12.9. The Labute approximate surface area is 98.6 Å². The van der Waals surface area contributed by atoms with Crippen LogP contribution in [0.4, 0.5) is 0 Å². The lowest BCUT2D eigenvalue weighted by Crippen LogP contribution is -2.13. The van der Waals surface area contributed by atoms with Gasteiger partial charge in [-0.25, -0.2) is 5.48 Å². The van der Waals surface area contributed by atoms with Gasteiger partial charge >= 0.3 is 10.4 Å². The van der Waals surface area contributed by atoms with Crippen molar-refractivity contribution in [2.75, 3.05) is 27.4 Å². The second kappa shape index (κ2) is 12.9. The maximum absolute atomic E-state index is 9.92. The van der Waals surface area contributed by atoms with Gasteiger partial charge in [-0.2, -0.15) is 8.42 Å². The van der Waals surface area contributed by atoms with Crippen molar-refractivity contribution in [3.05, 3.63) is 0 Å². The molecule has 6 nitrogen and oxygen atoms in total. The summed E-state index contributed by atoms with van der Waals surface area (Å²) in [5, 5.41) is 0. The molecule has 16 heavy (non-hydrogen) atoms. The van der Waals surface area contributed by atoms with Crippen LogP contribution in [0.2, 0.25) is 0 Å². The Morgan fingerprint density at radius 3 is 1.94 bits per heavy atom. The smallest absolute Gasteiger partial charge is 0.302 e. The summed E-state index contributed by atoms with van der Waals surface area (Å²) < 4.78 is 27.5. The van der Waals surface area contributed by atoms with Gasteiger partial charge < -0.3 is 4.84 Å². The average Bonchev–Trinajstić information content (AvgIpc) is 2.30. The van der Waals surface area contributed by atoms with Gasteiger partial charge in [0, 0.05) is 6.54 Å². The molecule has 0 saturated heterocycles. The van der Waals surface area contributed by atoms with Crippen molar-refractivity contribution < 1.29 is 21.6 Å². The van der Waals surface area contributed by atoms with Crippen molar-refractivity contribution in [3.8, 4) is 0 Å². The largest absolute Gasteiger partial charge is 0.399 e. The zero-order valence-electron chi connectivity index (χ0n) is 10.5. The molecule has 0 fully saturated rings. The highest BCUT2D eigenvalue weighted by Crippen LogP contribution is 1.92. The van der Waals surface area contributed by atoms with E-state index in [2.05, 4.69) is 20.8 Å². The molecule has 0 spiro atoms. The average molecular weight is 257 g/mol. The van der Waals surface area contributed by atoms with Gasteiger partial charge in [0.15, 0.2) is 0 Å². The number of hydrogen-bond acceptors (Lipinski definition) is 6. The van der Waals surface area contributed by atoms with E-state index in [9.17, 15) is 8.42 Å². The summed E-state index contributed by atoms with van der Waals surface area (Å²) in [5.74, 6) is 0. The molecule has 0 aromatic rings. The maximum atomic E-state index is 9.92. The van der Waals surface area contributed by atoms with Crippen LogP contribution in [0.3, 0.4) is 0 Å². The van der Waals surface area contributed by atoms with Gasteiger partial charge in [-0.1, -0.05) is 26.7 Å². The van der Waals surface area contributed by atoms with Crippen LogP contribution >= 0.6 is 0 Å². The highest BCUT2D eigenvalue weighted by Gasteiger charge is 2.01. The van der Waals surface area contributed by atoms with Crippen molar-refractivity contribution >= 4 is 10.4 Å². The summed E-state index contributed by atoms with van der Waals surface area (Å²) in [5.41, 5.74) is 2.81. The van der Waals surface area contributed by atoms with Crippen molar-refractivity contribution in [1.82, 2.24) is 5.48 Å². The van der Waals surface area contributed by atoms with E-state index in [0.717, 1.165) is 27.4 Å².